The van der Waals surface area contributed by atoms with E-state index in [2.05, 4.69) is 45.7 Å². The SMILES string of the molecule is Cc1cscc1C(N)Cc1ccc(Br)s1. The molecular formula is C11H12BrNS2. The summed E-state index contributed by atoms with van der Waals surface area (Å²) in [5.41, 5.74) is 8.77. The van der Waals surface area contributed by atoms with Crippen molar-refractivity contribution in [3.63, 3.8) is 0 Å². The lowest BCUT2D eigenvalue weighted by molar-refractivity contribution is 0.728. The van der Waals surface area contributed by atoms with Gasteiger partial charge in [0, 0.05) is 17.3 Å². The fourth-order valence-corrected chi connectivity index (χ4v) is 4.00. The Labute approximate surface area is 106 Å². The number of thiophene rings is 2. The number of halogens is 1. The van der Waals surface area contributed by atoms with Gasteiger partial charge in [-0.2, -0.15) is 11.3 Å². The largest absolute Gasteiger partial charge is 0.324 e. The lowest BCUT2D eigenvalue weighted by Crippen LogP contribution is -2.12. The highest BCUT2D eigenvalue weighted by Gasteiger charge is 2.11. The molecule has 0 spiro atoms. The highest BCUT2D eigenvalue weighted by atomic mass is 79.9. The molecule has 15 heavy (non-hydrogen) atoms. The molecule has 2 heterocycles. The van der Waals surface area contributed by atoms with Crippen molar-refractivity contribution in [1.82, 2.24) is 0 Å². The standard InChI is InChI=1S/C11H12BrNS2/c1-7-5-14-6-9(7)10(13)4-8-2-3-11(12)15-8/h2-3,5-6,10H,4,13H2,1H3. The summed E-state index contributed by atoms with van der Waals surface area (Å²) in [6, 6.07) is 4.34. The van der Waals surface area contributed by atoms with Gasteiger partial charge in [-0.3, -0.25) is 0 Å². The summed E-state index contributed by atoms with van der Waals surface area (Å²) in [6.07, 6.45) is 0.924. The first-order valence-corrected chi connectivity index (χ1v) is 7.24. The van der Waals surface area contributed by atoms with Gasteiger partial charge in [-0.05, 0) is 56.9 Å². The summed E-state index contributed by atoms with van der Waals surface area (Å²) in [6.45, 7) is 2.12. The fraction of sp³-hybridized carbons (Fsp3) is 0.273. The second kappa shape index (κ2) is 4.78. The molecule has 0 aliphatic carbocycles. The third-order valence-corrected chi connectivity index (χ3v) is 4.87. The molecule has 1 nitrogen and oxygen atoms in total. The minimum atomic E-state index is 0.127. The highest BCUT2D eigenvalue weighted by molar-refractivity contribution is 9.11. The van der Waals surface area contributed by atoms with Crippen LogP contribution < -0.4 is 5.73 Å². The first-order valence-electron chi connectivity index (χ1n) is 4.69. The van der Waals surface area contributed by atoms with Gasteiger partial charge in [-0.25, -0.2) is 0 Å². The van der Waals surface area contributed by atoms with E-state index in [0.29, 0.717) is 0 Å². The molecule has 1 atom stereocenters. The van der Waals surface area contributed by atoms with E-state index in [1.807, 2.05) is 0 Å². The van der Waals surface area contributed by atoms with Crippen molar-refractivity contribution in [3.05, 3.63) is 42.7 Å². The van der Waals surface area contributed by atoms with E-state index < -0.39 is 0 Å². The Morgan fingerprint density at radius 1 is 1.40 bits per heavy atom. The molecule has 0 aliphatic heterocycles. The zero-order chi connectivity index (χ0) is 10.8. The van der Waals surface area contributed by atoms with Crippen LogP contribution in [0, 0.1) is 6.92 Å². The molecule has 0 aromatic carbocycles. The van der Waals surface area contributed by atoms with Crippen LogP contribution in [0.4, 0.5) is 0 Å². The monoisotopic (exact) mass is 301 g/mol. The maximum absolute atomic E-state index is 6.18. The van der Waals surface area contributed by atoms with Gasteiger partial charge in [-0.1, -0.05) is 0 Å². The average Bonchev–Trinajstić information content (AvgIpc) is 2.75. The molecular weight excluding hydrogens is 290 g/mol. The number of rotatable bonds is 3. The summed E-state index contributed by atoms with van der Waals surface area (Å²) < 4.78 is 1.17. The van der Waals surface area contributed by atoms with Crippen molar-refractivity contribution in [2.45, 2.75) is 19.4 Å². The van der Waals surface area contributed by atoms with Crippen LogP contribution in [0.5, 0.6) is 0 Å². The summed E-state index contributed by atoms with van der Waals surface area (Å²) in [5, 5.41) is 4.31. The quantitative estimate of drug-likeness (QED) is 0.906. The van der Waals surface area contributed by atoms with Gasteiger partial charge in [-0.15, -0.1) is 11.3 Å². The topological polar surface area (TPSA) is 26.0 Å². The molecule has 0 saturated heterocycles. The number of aryl methyl sites for hydroxylation is 1. The van der Waals surface area contributed by atoms with E-state index >= 15 is 0 Å². The smallest absolute Gasteiger partial charge is 0.0701 e. The molecule has 0 bridgehead atoms. The molecule has 0 radical (unpaired) electrons. The van der Waals surface area contributed by atoms with Crippen LogP contribution in [0.2, 0.25) is 0 Å². The Morgan fingerprint density at radius 2 is 2.20 bits per heavy atom. The number of nitrogens with two attached hydrogens (primary N) is 1. The second-order valence-corrected chi connectivity index (χ2v) is 6.82. The minimum absolute atomic E-state index is 0.127. The Balaban J connectivity index is 2.10. The number of hydrogen-bond donors (Lipinski definition) is 1. The third-order valence-electron chi connectivity index (χ3n) is 2.34. The van der Waals surface area contributed by atoms with Crippen molar-refractivity contribution >= 4 is 38.6 Å². The minimum Gasteiger partial charge on any atom is -0.324 e. The number of hydrogen-bond acceptors (Lipinski definition) is 3. The first-order chi connectivity index (χ1) is 7.16. The molecule has 2 aromatic rings. The van der Waals surface area contributed by atoms with Gasteiger partial charge in [0.15, 0.2) is 0 Å². The van der Waals surface area contributed by atoms with Crippen molar-refractivity contribution in [2.24, 2.45) is 5.73 Å². The van der Waals surface area contributed by atoms with Crippen LogP contribution in [0.25, 0.3) is 0 Å². The molecule has 2 rings (SSSR count). The van der Waals surface area contributed by atoms with E-state index in [0.717, 1.165) is 6.42 Å². The summed E-state index contributed by atoms with van der Waals surface area (Å²) >= 11 is 6.95. The molecule has 1 unspecified atom stereocenters. The second-order valence-electron chi connectivity index (χ2n) is 3.53. The van der Waals surface area contributed by atoms with Crippen molar-refractivity contribution < 1.29 is 0 Å². The lowest BCUT2D eigenvalue weighted by Gasteiger charge is -2.09. The van der Waals surface area contributed by atoms with Gasteiger partial charge in [0.05, 0.1) is 3.79 Å². The Morgan fingerprint density at radius 3 is 2.73 bits per heavy atom. The molecule has 0 aliphatic rings. The van der Waals surface area contributed by atoms with E-state index in [-0.39, 0.29) is 6.04 Å². The Bertz CT molecular complexity index is 447. The third kappa shape index (κ3) is 2.69. The van der Waals surface area contributed by atoms with Gasteiger partial charge >= 0.3 is 0 Å². The molecule has 2 aromatic heterocycles. The van der Waals surface area contributed by atoms with E-state index in [9.17, 15) is 0 Å². The predicted octanol–water partition coefficient (Wildman–Crippen LogP) is 4.12. The molecule has 80 valence electrons. The molecule has 4 heteroatoms. The molecule has 2 N–H and O–H groups in total. The van der Waals surface area contributed by atoms with E-state index in [4.69, 9.17) is 5.73 Å². The van der Waals surface area contributed by atoms with Crippen molar-refractivity contribution in [3.8, 4) is 0 Å². The van der Waals surface area contributed by atoms with Gasteiger partial charge in [0.25, 0.3) is 0 Å². The van der Waals surface area contributed by atoms with Crippen LogP contribution >= 0.6 is 38.6 Å². The van der Waals surface area contributed by atoms with Crippen molar-refractivity contribution in [1.29, 1.82) is 0 Å². The van der Waals surface area contributed by atoms with Crippen LogP contribution in [-0.4, -0.2) is 0 Å². The van der Waals surface area contributed by atoms with E-state index in [1.54, 1.807) is 22.7 Å². The van der Waals surface area contributed by atoms with E-state index in [1.165, 1.54) is 19.8 Å². The summed E-state index contributed by atoms with van der Waals surface area (Å²) in [7, 11) is 0. The van der Waals surface area contributed by atoms with Crippen LogP contribution in [0.1, 0.15) is 22.0 Å². The first kappa shape index (κ1) is 11.3. The molecule has 0 saturated carbocycles. The predicted molar refractivity (Wildman–Crippen MR) is 71.7 cm³/mol. The molecule has 0 fully saturated rings. The summed E-state index contributed by atoms with van der Waals surface area (Å²) in [4.78, 5) is 1.33. The zero-order valence-corrected chi connectivity index (χ0v) is 11.6. The molecule has 0 amide bonds. The zero-order valence-electron chi connectivity index (χ0n) is 8.37. The average molecular weight is 302 g/mol. The van der Waals surface area contributed by atoms with Crippen LogP contribution in [-0.2, 0) is 6.42 Å². The fourth-order valence-electron chi connectivity index (χ4n) is 1.54. The van der Waals surface area contributed by atoms with Gasteiger partial charge < -0.3 is 5.73 Å². The van der Waals surface area contributed by atoms with Crippen LogP contribution in [0.15, 0.2) is 26.7 Å². The van der Waals surface area contributed by atoms with Crippen LogP contribution in [0.3, 0.4) is 0 Å². The highest BCUT2D eigenvalue weighted by Crippen LogP contribution is 2.28. The van der Waals surface area contributed by atoms with Crippen molar-refractivity contribution in [2.75, 3.05) is 0 Å². The summed E-state index contributed by atoms with van der Waals surface area (Å²) in [5.74, 6) is 0. The Hall–Kier alpha value is -0.160. The normalized spacial score (nSPS) is 13.0. The van der Waals surface area contributed by atoms with Gasteiger partial charge in [0.1, 0.15) is 0 Å². The van der Waals surface area contributed by atoms with Gasteiger partial charge in [0.2, 0.25) is 0 Å². The maximum Gasteiger partial charge on any atom is 0.0701 e. The maximum atomic E-state index is 6.18. The Kier molecular flexibility index (Phi) is 3.61. The lowest BCUT2D eigenvalue weighted by atomic mass is 10.0.